The van der Waals surface area contributed by atoms with E-state index in [0.717, 1.165) is 5.56 Å². The van der Waals surface area contributed by atoms with Gasteiger partial charge in [0.25, 0.3) is 5.91 Å². The number of hydrogen-bond donors (Lipinski definition) is 3. The Morgan fingerprint density at radius 1 is 1.32 bits per heavy atom. The Morgan fingerprint density at radius 2 is 1.89 bits per heavy atom. The van der Waals surface area contributed by atoms with Crippen molar-refractivity contribution in [2.75, 3.05) is 6.61 Å². The molecule has 0 aliphatic rings. The molecule has 0 spiro atoms. The smallest absolute Gasteiger partial charge is 0.328 e. The van der Waals surface area contributed by atoms with Gasteiger partial charge in [0.2, 0.25) is 0 Å². The number of aliphatic carboxylic acids is 1. The lowest BCUT2D eigenvalue weighted by Gasteiger charge is -2.17. The minimum atomic E-state index is -1.32. The Bertz CT molecular complexity index is 443. The van der Waals surface area contributed by atoms with Crippen molar-refractivity contribution in [2.24, 2.45) is 0 Å². The molecule has 6 nitrogen and oxygen atoms in total. The zero-order valence-electron chi connectivity index (χ0n) is 10.8. The van der Waals surface area contributed by atoms with Crippen LogP contribution in [-0.2, 0) is 9.59 Å². The molecule has 2 atom stereocenters. The molecule has 0 aromatic heterocycles. The van der Waals surface area contributed by atoms with Crippen LogP contribution in [0.3, 0.4) is 0 Å². The van der Waals surface area contributed by atoms with Gasteiger partial charge in [-0.05, 0) is 26.0 Å². The lowest BCUT2D eigenvalue weighted by Crippen LogP contribution is -2.48. The third-order valence-electron chi connectivity index (χ3n) is 2.50. The summed E-state index contributed by atoms with van der Waals surface area (Å²) in [5, 5.41) is 19.7. The number of aliphatic hydroxyl groups is 1. The van der Waals surface area contributed by atoms with Crippen LogP contribution in [0, 0.1) is 6.92 Å². The predicted molar refractivity (Wildman–Crippen MR) is 67.9 cm³/mol. The van der Waals surface area contributed by atoms with E-state index in [2.05, 4.69) is 5.32 Å². The van der Waals surface area contributed by atoms with Crippen LogP contribution >= 0.6 is 0 Å². The molecule has 1 aromatic rings. The fourth-order valence-electron chi connectivity index (χ4n) is 1.35. The Hall–Kier alpha value is -2.08. The molecule has 0 fully saturated rings. The first-order valence-corrected chi connectivity index (χ1v) is 5.81. The molecule has 0 saturated carbocycles. The number of amides is 1. The molecule has 0 aliphatic heterocycles. The summed E-state index contributed by atoms with van der Waals surface area (Å²) in [6, 6.07) is 5.80. The van der Waals surface area contributed by atoms with Crippen molar-refractivity contribution in [3.63, 3.8) is 0 Å². The van der Waals surface area contributed by atoms with Crippen molar-refractivity contribution in [1.29, 1.82) is 0 Å². The van der Waals surface area contributed by atoms with Crippen LogP contribution in [0.2, 0.25) is 0 Å². The summed E-state index contributed by atoms with van der Waals surface area (Å²) in [6.45, 7) is 2.77. The van der Waals surface area contributed by atoms with Gasteiger partial charge < -0.3 is 20.3 Å². The highest BCUT2D eigenvalue weighted by Crippen LogP contribution is 2.13. The van der Waals surface area contributed by atoms with Crippen LogP contribution in [0.4, 0.5) is 0 Å². The summed E-state index contributed by atoms with van der Waals surface area (Å²) >= 11 is 0. The number of carbonyl (C=O) groups is 2. The summed E-state index contributed by atoms with van der Waals surface area (Å²) in [5.74, 6) is -1.37. The quantitative estimate of drug-likeness (QED) is 0.690. The summed E-state index contributed by atoms with van der Waals surface area (Å²) in [7, 11) is 0. The van der Waals surface area contributed by atoms with E-state index in [1.165, 1.54) is 6.92 Å². The third kappa shape index (κ3) is 4.59. The third-order valence-corrected chi connectivity index (χ3v) is 2.50. The van der Waals surface area contributed by atoms with Crippen LogP contribution < -0.4 is 10.1 Å². The van der Waals surface area contributed by atoms with Crippen molar-refractivity contribution in [3.8, 4) is 5.75 Å². The normalized spacial score (nSPS) is 13.4. The first-order valence-electron chi connectivity index (χ1n) is 5.81. The second-order valence-electron chi connectivity index (χ2n) is 4.16. The highest BCUT2D eigenvalue weighted by atomic mass is 16.5. The maximum absolute atomic E-state index is 11.7. The van der Waals surface area contributed by atoms with Crippen molar-refractivity contribution in [2.45, 2.75) is 26.0 Å². The largest absolute Gasteiger partial charge is 0.481 e. The van der Waals surface area contributed by atoms with Crippen molar-refractivity contribution < 1.29 is 24.5 Å². The molecule has 1 unspecified atom stereocenters. The molecule has 3 N–H and O–H groups in total. The van der Waals surface area contributed by atoms with Crippen LogP contribution in [0.25, 0.3) is 0 Å². The van der Waals surface area contributed by atoms with E-state index >= 15 is 0 Å². The maximum atomic E-state index is 11.7. The summed E-state index contributed by atoms with van der Waals surface area (Å²) < 4.78 is 5.37. The van der Waals surface area contributed by atoms with Crippen molar-refractivity contribution in [1.82, 2.24) is 5.32 Å². The zero-order chi connectivity index (χ0) is 14.4. The molecule has 1 rings (SSSR count). The minimum absolute atomic E-state index is 0.518. The number of nitrogens with one attached hydrogen (secondary N) is 1. The number of aliphatic hydroxyl groups excluding tert-OH is 1. The fourth-order valence-corrected chi connectivity index (χ4v) is 1.35. The van der Waals surface area contributed by atoms with E-state index in [9.17, 15) is 9.59 Å². The number of rotatable bonds is 6. The average Bonchev–Trinajstić information content (AvgIpc) is 2.37. The minimum Gasteiger partial charge on any atom is -0.481 e. The van der Waals surface area contributed by atoms with E-state index in [0.29, 0.717) is 5.75 Å². The highest BCUT2D eigenvalue weighted by molar-refractivity contribution is 5.86. The molecule has 0 aliphatic carbocycles. The molecule has 0 radical (unpaired) electrons. The van der Waals surface area contributed by atoms with Crippen LogP contribution in [0.5, 0.6) is 5.75 Å². The van der Waals surface area contributed by atoms with E-state index < -0.39 is 30.6 Å². The summed E-state index contributed by atoms with van der Waals surface area (Å²) in [4.78, 5) is 22.3. The maximum Gasteiger partial charge on any atom is 0.328 e. The van der Waals surface area contributed by atoms with Crippen LogP contribution in [-0.4, -0.2) is 40.8 Å². The topological polar surface area (TPSA) is 95.9 Å². The number of aryl methyl sites for hydroxylation is 1. The highest BCUT2D eigenvalue weighted by Gasteiger charge is 2.23. The Kier molecular flexibility index (Phi) is 5.32. The first kappa shape index (κ1) is 15.0. The molecule has 0 heterocycles. The first-order chi connectivity index (χ1) is 8.93. The van der Waals surface area contributed by atoms with Crippen molar-refractivity contribution >= 4 is 11.9 Å². The number of benzene rings is 1. The molecule has 19 heavy (non-hydrogen) atoms. The molecular formula is C13H17NO5. The van der Waals surface area contributed by atoms with Gasteiger partial charge in [-0.1, -0.05) is 17.7 Å². The SMILES string of the molecule is Cc1ccc(OC(C)C(=O)N[C@@H](CO)C(=O)O)cc1. The van der Waals surface area contributed by atoms with Gasteiger partial charge in [-0.15, -0.1) is 0 Å². The Morgan fingerprint density at radius 3 is 2.37 bits per heavy atom. The lowest BCUT2D eigenvalue weighted by molar-refractivity contribution is -0.144. The van der Waals surface area contributed by atoms with Gasteiger partial charge in [0.15, 0.2) is 6.10 Å². The zero-order valence-corrected chi connectivity index (χ0v) is 10.8. The average molecular weight is 267 g/mol. The van der Waals surface area contributed by atoms with Crippen LogP contribution in [0.1, 0.15) is 12.5 Å². The molecular weight excluding hydrogens is 250 g/mol. The molecule has 6 heteroatoms. The molecule has 0 saturated heterocycles. The number of hydrogen-bond acceptors (Lipinski definition) is 4. The lowest BCUT2D eigenvalue weighted by atomic mass is 10.2. The van der Waals surface area contributed by atoms with E-state index in [4.69, 9.17) is 14.9 Å². The van der Waals surface area contributed by atoms with Gasteiger partial charge in [-0.3, -0.25) is 4.79 Å². The van der Waals surface area contributed by atoms with Gasteiger partial charge in [0, 0.05) is 0 Å². The molecule has 0 bridgehead atoms. The second-order valence-corrected chi connectivity index (χ2v) is 4.16. The summed E-state index contributed by atoms with van der Waals surface area (Å²) in [5.41, 5.74) is 1.07. The Balaban J connectivity index is 2.57. The molecule has 1 amide bonds. The van der Waals surface area contributed by atoms with Gasteiger partial charge in [0.05, 0.1) is 6.61 Å². The Labute approximate surface area is 111 Å². The summed E-state index contributed by atoms with van der Waals surface area (Å²) in [6.07, 6.45) is -0.851. The van der Waals surface area contributed by atoms with Gasteiger partial charge in [0.1, 0.15) is 11.8 Å². The van der Waals surface area contributed by atoms with Crippen molar-refractivity contribution in [3.05, 3.63) is 29.8 Å². The number of carboxylic acids is 1. The number of carboxylic acid groups (broad SMARTS) is 1. The van der Waals surface area contributed by atoms with Crippen LogP contribution in [0.15, 0.2) is 24.3 Å². The molecule has 1 aromatic carbocycles. The van der Waals surface area contributed by atoms with Gasteiger partial charge >= 0.3 is 5.97 Å². The fraction of sp³-hybridized carbons (Fsp3) is 0.385. The van der Waals surface area contributed by atoms with E-state index in [-0.39, 0.29) is 0 Å². The predicted octanol–water partition coefficient (Wildman–Crippen LogP) is 0.324. The number of carbonyl (C=O) groups excluding carboxylic acids is 1. The second kappa shape index (κ2) is 6.75. The van der Waals surface area contributed by atoms with E-state index in [1.54, 1.807) is 12.1 Å². The number of ether oxygens (including phenoxy) is 1. The molecule has 104 valence electrons. The van der Waals surface area contributed by atoms with Gasteiger partial charge in [-0.25, -0.2) is 4.79 Å². The monoisotopic (exact) mass is 267 g/mol. The standard InChI is InChI=1S/C13H17NO5/c1-8-3-5-10(6-4-8)19-9(2)12(16)14-11(7-15)13(17)18/h3-6,9,11,15H,7H2,1-2H3,(H,14,16)(H,17,18)/t9?,11-/m0/s1. The van der Waals surface area contributed by atoms with E-state index in [1.807, 2.05) is 19.1 Å². The van der Waals surface area contributed by atoms with Gasteiger partial charge in [-0.2, -0.15) is 0 Å².